The van der Waals surface area contributed by atoms with Gasteiger partial charge in [0, 0.05) is 13.3 Å². The first kappa shape index (κ1) is 17.8. The third kappa shape index (κ3) is 10.8. The number of rotatable bonds is 0. The quantitative estimate of drug-likeness (QED) is 0.388. The maximum absolute atomic E-state index is 4.07. The van der Waals surface area contributed by atoms with Crippen LogP contribution in [0.25, 0.3) is 5.32 Å². The van der Waals surface area contributed by atoms with Crippen molar-refractivity contribution < 1.29 is 21.7 Å². The predicted molar refractivity (Wildman–Crippen MR) is 45.9 cm³/mol. The van der Waals surface area contributed by atoms with Gasteiger partial charge in [0.05, 0.1) is 0 Å². The van der Waals surface area contributed by atoms with Gasteiger partial charge >= 0.3 is 21.7 Å². The van der Waals surface area contributed by atoms with E-state index in [-0.39, 0.29) is 41.6 Å². The van der Waals surface area contributed by atoms with E-state index in [4.69, 9.17) is 0 Å². The Labute approximate surface area is 89.6 Å². The standard InChI is InChI=1S/C4H11N4.CH3.ClH.Ti/c1-5-2-7-4-8-3-6-1;;;/h5-7H,1-4H2;1H3;1H;/q2*-1;;+2. The van der Waals surface area contributed by atoms with Crippen molar-refractivity contribution in [3.8, 4) is 0 Å². The van der Waals surface area contributed by atoms with E-state index in [1.54, 1.807) is 0 Å². The third-order valence-electron chi connectivity index (χ3n) is 0.947. The molecule has 0 aromatic heterocycles. The van der Waals surface area contributed by atoms with Crippen LogP contribution in [-0.4, -0.2) is 26.7 Å². The maximum Gasteiger partial charge on any atom is 2.00 e. The van der Waals surface area contributed by atoms with Crippen molar-refractivity contribution in [3.05, 3.63) is 12.7 Å². The zero-order valence-corrected chi connectivity index (χ0v) is 9.06. The van der Waals surface area contributed by atoms with Crippen molar-refractivity contribution in [2.75, 3.05) is 26.7 Å². The van der Waals surface area contributed by atoms with E-state index in [1.165, 1.54) is 0 Å². The second-order valence-corrected chi connectivity index (χ2v) is 1.64. The Balaban J connectivity index is -0.000000213. The monoisotopic (exact) mass is 214 g/mol. The van der Waals surface area contributed by atoms with Gasteiger partial charge in [0.1, 0.15) is 0 Å². The van der Waals surface area contributed by atoms with Crippen LogP contribution in [0.2, 0.25) is 0 Å². The van der Waals surface area contributed by atoms with Crippen molar-refractivity contribution >= 4 is 12.4 Å². The van der Waals surface area contributed by atoms with E-state index in [1.807, 2.05) is 0 Å². The molecular formula is C5H15ClN4Ti. The molecule has 3 N–H and O–H groups in total. The van der Waals surface area contributed by atoms with Crippen molar-refractivity contribution in [1.29, 1.82) is 0 Å². The molecule has 66 valence electrons. The van der Waals surface area contributed by atoms with E-state index >= 15 is 0 Å². The third-order valence-corrected chi connectivity index (χ3v) is 0.947. The Morgan fingerprint density at radius 1 is 0.909 bits per heavy atom. The van der Waals surface area contributed by atoms with Crippen LogP contribution < -0.4 is 16.0 Å². The first-order valence-electron chi connectivity index (χ1n) is 2.75. The number of hydrogen-bond acceptors (Lipinski definition) is 3. The van der Waals surface area contributed by atoms with Gasteiger partial charge in [0.15, 0.2) is 0 Å². The van der Waals surface area contributed by atoms with Crippen LogP contribution in [0.1, 0.15) is 0 Å². The van der Waals surface area contributed by atoms with Gasteiger partial charge < -0.3 is 23.4 Å². The molecule has 0 spiro atoms. The minimum absolute atomic E-state index is 0. The normalized spacial score (nSPS) is 17.5. The smallest absolute Gasteiger partial charge is 0.638 e. The van der Waals surface area contributed by atoms with Crippen molar-refractivity contribution in [3.63, 3.8) is 0 Å². The molecule has 0 bridgehead atoms. The fourth-order valence-corrected chi connectivity index (χ4v) is 0.565. The Bertz CT molecular complexity index is 42.4. The van der Waals surface area contributed by atoms with E-state index in [9.17, 15) is 0 Å². The zero-order chi connectivity index (χ0) is 5.66. The summed E-state index contributed by atoms with van der Waals surface area (Å²) in [7, 11) is 0. The largest absolute Gasteiger partial charge is 2.00 e. The summed E-state index contributed by atoms with van der Waals surface area (Å²) < 4.78 is 0. The Morgan fingerprint density at radius 3 is 1.82 bits per heavy atom. The Morgan fingerprint density at radius 2 is 1.36 bits per heavy atom. The van der Waals surface area contributed by atoms with Crippen LogP contribution in [0.3, 0.4) is 0 Å². The summed E-state index contributed by atoms with van der Waals surface area (Å²) in [5.74, 6) is 0. The number of halogens is 1. The van der Waals surface area contributed by atoms with Crippen LogP contribution in [0.5, 0.6) is 0 Å². The molecule has 0 aromatic rings. The van der Waals surface area contributed by atoms with Crippen LogP contribution >= 0.6 is 12.4 Å². The van der Waals surface area contributed by atoms with Crippen LogP contribution in [0.15, 0.2) is 0 Å². The molecule has 0 aromatic carbocycles. The van der Waals surface area contributed by atoms with Crippen molar-refractivity contribution in [1.82, 2.24) is 16.0 Å². The van der Waals surface area contributed by atoms with Gasteiger partial charge in [-0.05, 0) is 0 Å². The molecular weight excluding hydrogens is 199 g/mol. The van der Waals surface area contributed by atoms with E-state index in [0.29, 0.717) is 0 Å². The molecule has 11 heavy (non-hydrogen) atoms. The summed E-state index contributed by atoms with van der Waals surface area (Å²) in [5.41, 5.74) is 0. The molecule has 1 rings (SSSR count). The summed E-state index contributed by atoms with van der Waals surface area (Å²) >= 11 is 0. The fourth-order valence-electron chi connectivity index (χ4n) is 0.565. The molecule has 1 aliphatic rings. The zero-order valence-electron chi connectivity index (χ0n) is 6.68. The summed E-state index contributed by atoms with van der Waals surface area (Å²) in [5, 5.41) is 13.3. The maximum atomic E-state index is 4.07. The van der Waals surface area contributed by atoms with Crippen molar-refractivity contribution in [2.24, 2.45) is 0 Å². The summed E-state index contributed by atoms with van der Waals surface area (Å²) in [6.45, 7) is 3.19. The molecule has 6 heteroatoms. The first-order chi connectivity index (χ1) is 4.00. The molecule has 1 aliphatic heterocycles. The van der Waals surface area contributed by atoms with Crippen LogP contribution in [0.4, 0.5) is 0 Å². The minimum Gasteiger partial charge on any atom is -0.638 e. The molecule has 1 fully saturated rings. The predicted octanol–water partition coefficient (Wildman–Crippen LogP) is -0.158. The number of nitrogens with one attached hydrogen (secondary N) is 3. The van der Waals surface area contributed by atoms with Gasteiger partial charge in [0.2, 0.25) is 0 Å². The molecule has 0 radical (unpaired) electrons. The molecule has 1 heterocycles. The van der Waals surface area contributed by atoms with Gasteiger partial charge in [-0.1, -0.05) is 13.3 Å². The Hall–Kier alpha value is 0.844. The molecule has 0 unspecified atom stereocenters. The number of hydrogen-bond donors (Lipinski definition) is 3. The molecule has 0 saturated carbocycles. The SMILES string of the molecule is C1[N-]CNCNCN1.Cl.[CH3-].[Ti+2]. The van der Waals surface area contributed by atoms with Gasteiger partial charge in [-0.3, -0.25) is 5.32 Å². The van der Waals surface area contributed by atoms with Gasteiger partial charge in [0.25, 0.3) is 0 Å². The van der Waals surface area contributed by atoms with Gasteiger partial charge in [-0.15, -0.1) is 12.4 Å². The fraction of sp³-hybridized carbons (Fsp3) is 0.800. The summed E-state index contributed by atoms with van der Waals surface area (Å²) in [4.78, 5) is 0. The topological polar surface area (TPSA) is 50.2 Å². The van der Waals surface area contributed by atoms with Crippen molar-refractivity contribution in [2.45, 2.75) is 0 Å². The van der Waals surface area contributed by atoms with Crippen LogP contribution in [0, 0.1) is 7.43 Å². The Kier molecular flexibility index (Phi) is 21.7. The summed E-state index contributed by atoms with van der Waals surface area (Å²) in [6, 6.07) is 0. The molecule has 4 nitrogen and oxygen atoms in total. The average Bonchev–Trinajstić information content (AvgIpc) is 1.62. The van der Waals surface area contributed by atoms with E-state index in [2.05, 4.69) is 21.3 Å². The molecule has 0 aliphatic carbocycles. The van der Waals surface area contributed by atoms with Gasteiger partial charge in [-0.25, -0.2) is 0 Å². The van der Waals surface area contributed by atoms with Gasteiger partial charge in [-0.2, -0.15) is 0 Å². The second-order valence-electron chi connectivity index (χ2n) is 1.64. The molecule has 1 saturated heterocycles. The molecule has 0 amide bonds. The first-order valence-corrected chi connectivity index (χ1v) is 2.75. The number of nitrogens with zero attached hydrogens (tertiary/aromatic N) is 1. The van der Waals surface area contributed by atoms with E-state index < -0.39 is 0 Å². The minimum atomic E-state index is 0. The van der Waals surface area contributed by atoms with E-state index in [0.717, 1.165) is 26.7 Å². The molecule has 0 atom stereocenters. The second kappa shape index (κ2) is 13.4. The average molecular weight is 215 g/mol. The van der Waals surface area contributed by atoms with Crippen LogP contribution in [-0.2, 0) is 21.7 Å². The summed E-state index contributed by atoms with van der Waals surface area (Å²) in [6.07, 6.45) is 0.